The summed E-state index contributed by atoms with van der Waals surface area (Å²) in [5, 5.41) is 14.9. The number of hydrogen-bond acceptors (Lipinski definition) is 5. The molecule has 3 heterocycles. The number of nitro benzene ring substituents is 1. The summed E-state index contributed by atoms with van der Waals surface area (Å²) in [5.74, 6) is 0.121. The van der Waals surface area contributed by atoms with Gasteiger partial charge < -0.3 is 14.8 Å². The van der Waals surface area contributed by atoms with Crippen LogP contribution in [0.1, 0.15) is 60.5 Å². The minimum absolute atomic E-state index is 0.0155. The molecule has 1 aromatic carbocycles. The largest absolute Gasteiger partial charge is 0.365 e. The van der Waals surface area contributed by atoms with Crippen LogP contribution < -0.4 is 15.8 Å². The Morgan fingerprint density at radius 1 is 1.15 bits per heavy atom. The van der Waals surface area contributed by atoms with Gasteiger partial charge in [0.15, 0.2) is 0 Å². The molecule has 8 heteroatoms. The van der Waals surface area contributed by atoms with Crippen LogP contribution in [0.4, 0.5) is 11.4 Å². The summed E-state index contributed by atoms with van der Waals surface area (Å²) in [4.78, 5) is 38.5. The molecule has 1 N–H and O–H groups in total. The summed E-state index contributed by atoms with van der Waals surface area (Å²) in [5.41, 5.74) is 3.19. The third kappa shape index (κ3) is 4.49. The maximum absolute atomic E-state index is 12.7. The number of nitrogens with one attached hydrogen (secondary N) is 1. The Morgan fingerprint density at radius 3 is 2.82 bits per heavy atom. The van der Waals surface area contributed by atoms with E-state index < -0.39 is 4.92 Å². The molecule has 1 aromatic heterocycles. The standard InChI is InChI=1S/C26H30N4O4/c31-25-8-4-7-22-21-13-19(16-29(22)25)15-28(17-21)23-10-9-20(14-24(23)30(33)34)26(32)27-12-11-18-5-2-1-3-6-18/h4-5,7-10,14,19,21H,1-3,6,11-13,15-17H2,(H,27,32)/t19-,21+/m1/s1. The van der Waals surface area contributed by atoms with E-state index in [0.29, 0.717) is 37.4 Å². The Kier molecular flexibility index (Phi) is 6.22. The molecule has 1 amide bonds. The second-order valence-corrected chi connectivity index (χ2v) is 9.68. The third-order valence-electron chi connectivity index (χ3n) is 7.37. The van der Waals surface area contributed by atoms with Crippen molar-refractivity contribution in [1.82, 2.24) is 9.88 Å². The van der Waals surface area contributed by atoms with E-state index in [1.165, 1.54) is 24.5 Å². The molecule has 1 fully saturated rings. The van der Waals surface area contributed by atoms with E-state index in [9.17, 15) is 19.7 Å². The lowest BCUT2D eigenvalue weighted by atomic mass is 9.83. The zero-order chi connectivity index (χ0) is 23.7. The van der Waals surface area contributed by atoms with Crippen molar-refractivity contribution in [3.05, 3.63) is 79.8 Å². The van der Waals surface area contributed by atoms with Crippen LogP contribution in [0, 0.1) is 16.0 Å². The molecule has 3 aliphatic rings. The van der Waals surface area contributed by atoms with Gasteiger partial charge in [-0.05, 0) is 62.6 Å². The van der Waals surface area contributed by atoms with Crippen LogP contribution in [0.5, 0.6) is 0 Å². The number of hydrogen-bond donors (Lipinski definition) is 1. The van der Waals surface area contributed by atoms with Crippen LogP contribution in [0.15, 0.2) is 52.8 Å². The van der Waals surface area contributed by atoms with Crippen molar-refractivity contribution < 1.29 is 9.72 Å². The van der Waals surface area contributed by atoms with Gasteiger partial charge in [-0.2, -0.15) is 0 Å². The Hall–Kier alpha value is -3.42. The smallest absolute Gasteiger partial charge is 0.293 e. The zero-order valence-electron chi connectivity index (χ0n) is 19.2. The second kappa shape index (κ2) is 9.44. The number of pyridine rings is 1. The molecule has 8 nitrogen and oxygen atoms in total. The maximum atomic E-state index is 12.7. The summed E-state index contributed by atoms with van der Waals surface area (Å²) in [6.07, 6.45) is 8.70. The fraction of sp³-hybridized carbons (Fsp3) is 0.462. The number of carbonyl (C=O) groups excluding carboxylic acids is 1. The molecule has 2 aromatic rings. The van der Waals surface area contributed by atoms with Gasteiger partial charge in [-0.1, -0.05) is 17.7 Å². The molecular formula is C26H30N4O4. The average molecular weight is 463 g/mol. The Labute approximate surface area is 198 Å². The van der Waals surface area contributed by atoms with Crippen LogP contribution >= 0.6 is 0 Å². The van der Waals surface area contributed by atoms with Crippen molar-refractivity contribution >= 4 is 17.3 Å². The van der Waals surface area contributed by atoms with Gasteiger partial charge in [-0.25, -0.2) is 0 Å². The van der Waals surface area contributed by atoms with Gasteiger partial charge in [0.2, 0.25) is 0 Å². The molecule has 1 aliphatic carbocycles. The van der Waals surface area contributed by atoms with E-state index in [1.807, 2.05) is 10.6 Å². The first-order valence-electron chi connectivity index (χ1n) is 12.2. The Balaban J connectivity index is 1.32. The number of benzene rings is 1. The van der Waals surface area contributed by atoms with Crippen molar-refractivity contribution in [2.24, 2.45) is 5.92 Å². The van der Waals surface area contributed by atoms with E-state index in [4.69, 9.17) is 0 Å². The summed E-state index contributed by atoms with van der Waals surface area (Å²) < 4.78 is 1.85. The van der Waals surface area contributed by atoms with E-state index in [1.54, 1.807) is 24.3 Å². The van der Waals surface area contributed by atoms with Gasteiger partial charge in [-0.15, -0.1) is 0 Å². The molecule has 34 heavy (non-hydrogen) atoms. The van der Waals surface area contributed by atoms with Crippen molar-refractivity contribution in [2.75, 3.05) is 24.5 Å². The number of carbonyl (C=O) groups is 1. The highest BCUT2D eigenvalue weighted by Crippen LogP contribution is 2.39. The van der Waals surface area contributed by atoms with Crippen LogP contribution in [0.3, 0.4) is 0 Å². The SMILES string of the molecule is O=C(NCCC1=CCCCC1)c1ccc(N2C[C@H]3C[C@@H](C2)c2cccc(=O)n2C3)c([N+](=O)[O-])c1. The van der Waals surface area contributed by atoms with Crippen molar-refractivity contribution in [1.29, 1.82) is 0 Å². The first kappa shape index (κ1) is 22.4. The number of anilines is 1. The second-order valence-electron chi connectivity index (χ2n) is 9.68. The van der Waals surface area contributed by atoms with Crippen LogP contribution in [0.25, 0.3) is 0 Å². The summed E-state index contributed by atoms with van der Waals surface area (Å²) in [6, 6.07) is 10.1. The predicted molar refractivity (Wildman–Crippen MR) is 130 cm³/mol. The molecule has 5 rings (SSSR count). The minimum atomic E-state index is -0.401. The number of aromatic nitrogens is 1. The van der Waals surface area contributed by atoms with Crippen molar-refractivity contribution in [3.63, 3.8) is 0 Å². The van der Waals surface area contributed by atoms with E-state index >= 15 is 0 Å². The number of allylic oxidation sites excluding steroid dienone is 1. The number of nitro groups is 1. The summed E-state index contributed by atoms with van der Waals surface area (Å²) in [6.45, 7) is 2.43. The Morgan fingerprint density at radius 2 is 2.03 bits per heavy atom. The number of amides is 1. The fourth-order valence-electron chi connectivity index (χ4n) is 5.74. The highest BCUT2D eigenvalue weighted by atomic mass is 16.6. The quantitative estimate of drug-likeness (QED) is 0.398. The Bertz CT molecular complexity index is 1200. The molecular weight excluding hydrogens is 432 g/mol. The third-order valence-corrected chi connectivity index (χ3v) is 7.37. The summed E-state index contributed by atoms with van der Waals surface area (Å²) >= 11 is 0. The molecule has 178 valence electrons. The minimum Gasteiger partial charge on any atom is -0.365 e. The molecule has 2 bridgehead atoms. The number of piperidine rings is 1. The van der Waals surface area contributed by atoms with Crippen LogP contribution in [-0.2, 0) is 6.54 Å². The molecule has 0 radical (unpaired) electrons. The van der Waals surface area contributed by atoms with Gasteiger partial charge in [0.25, 0.3) is 17.2 Å². The van der Waals surface area contributed by atoms with Gasteiger partial charge in [-0.3, -0.25) is 19.7 Å². The van der Waals surface area contributed by atoms with Crippen LogP contribution in [-0.4, -0.2) is 35.0 Å². The molecule has 2 aliphatic heterocycles. The maximum Gasteiger partial charge on any atom is 0.293 e. The van der Waals surface area contributed by atoms with Gasteiger partial charge >= 0.3 is 0 Å². The van der Waals surface area contributed by atoms with E-state index in [0.717, 1.165) is 31.4 Å². The van der Waals surface area contributed by atoms with E-state index in [-0.39, 0.29) is 29.0 Å². The number of fused-ring (bicyclic) bond motifs is 4. The fourth-order valence-corrected chi connectivity index (χ4v) is 5.74. The first-order valence-corrected chi connectivity index (χ1v) is 12.2. The van der Waals surface area contributed by atoms with Crippen molar-refractivity contribution in [2.45, 2.75) is 51.0 Å². The number of rotatable bonds is 6. The predicted octanol–water partition coefficient (Wildman–Crippen LogP) is 4.00. The van der Waals surface area contributed by atoms with Gasteiger partial charge in [0.1, 0.15) is 5.69 Å². The van der Waals surface area contributed by atoms with Gasteiger partial charge in [0, 0.05) is 55.5 Å². The topological polar surface area (TPSA) is 97.5 Å². The molecule has 2 atom stereocenters. The first-order chi connectivity index (χ1) is 16.5. The van der Waals surface area contributed by atoms with E-state index in [2.05, 4.69) is 16.3 Å². The van der Waals surface area contributed by atoms with Gasteiger partial charge in [0.05, 0.1) is 4.92 Å². The zero-order valence-corrected chi connectivity index (χ0v) is 19.2. The highest BCUT2D eigenvalue weighted by Gasteiger charge is 2.36. The lowest BCUT2D eigenvalue weighted by molar-refractivity contribution is -0.384. The lowest BCUT2D eigenvalue weighted by Crippen LogP contribution is -2.47. The normalized spacial score (nSPS) is 21.4. The number of nitrogens with zero attached hydrogens (tertiary/aromatic N) is 3. The lowest BCUT2D eigenvalue weighted by Gasteiger charge is -2.43. The highest BCUT2D eigenvalue weighted by molar-refractivity contribution is 5.95. The molecule has 0 unspecified atom stereocenters. The molecule has 0 saturated carbocycles. The molecule has 1 saturated heterocycles. The monoisotopic (exact) mass is 462 g/mol. The van der Waals surface area contributed by atoms with Crippen LogP contribution in [0.2, 0.25) is 0 Å². The summed E-state index contributed by atoms with van der Waals surface area (Å²) in [7, 11) is 0. The average Bonchev–Trinajstić information content (AvgIpc) is 2.85. The van der Waals surface area contributed by atoms with Crippen molar-refractivity contribution in [3.8, 4) is 0 Å². The molecule has 0 spiro atoms.